The summed E-state index contributed by atoms with van der Waals surface area (Å²) in [5.41, 5.74) is 7.04. The number of nitrogens with zero attached hydrogens (tertiary/aromatic N) is 1. The van der Waals surface area contributed by atoms with Crippen LogP contribution in [0.25, 0.3) is 0 Å². The van der Waals surface area contributed by atoms with Gasteiger partial charge in [-0.15, -0.1) is 11.3 Å². The van der Waals surface area contributed by atoms with Crippen molar-refractivity contribution in [3.05, 3.63) is 16.1 Å². The smallest absolute Gasteiger partial charge is 0.0962 e. The summed E-state index contributed by atoms with van der Waals surface area (Å²) < 4.78 is 0. The van der Waals surface area contributed by atoms with Gasteiger partial charge in [-0.25, -0.2) is 4.98 Å². The van der Waals surface area contributed by atoms with E-state index in [0.717, 1.165) is 11.8 Å². The van der Waals surface area contributed by atoms with Gasteiger partial charge in [0.1, 0.15) is 0 Å². The second-order valence-electron chi connectivity index (χ2n) is 4.58. The lowest BCUT2D eigenvalue weighted by Gasteiger charge is -2.11. The van der Waals surface area contributed by atoms with Crippen LogP contribution < -0.4 is 5.73 Å². The summed E-state index contributed by atoms with van der Waals surface area (Å²) >= 11 is 1.80. The van der Waals surface area contributed by atoms with E-state index in [2.05, 4.69) is 24.2 Å². The summed E-state index contributed by atoms with van der Waals surface area (Å²) in [5, 5.41) is 3.49. The molecule has 1 saturated carbocycles. The van der Waals surface area contributed by atoms with Gasteiger partial charge in [-0.3, -0.25) is 0 Å². The Labute approximate surface area is 89.5 Å². The molecule has 4 unspecified atom stereocenters. The number of hydrogen-bond acceptors (Lipinski definition) is 3. The van der Waals surface area contributed by atoms with Crippen LogP contribution in [-0.2, 0) is 0 Å². The Balaban J connectivity index is 2.10. The van der Waals surface area contributed by atoms with Gasteiger partial charge in [0.05, 0.1) is 10.7 Å². The number of aromatic nitrogens is 1. The van der Waals surface area contributed by atoms with E-state index in [1.165, 1.54) is 17.1 Å². The molecule has 2 nitrogen and oxygen atoms in total. The molecule has 14 heavy (non-hydrogen) atoms. The fourth-order valence-corrected chi connectivity index (χ4v) is 2.79. The minimum Gasteiger partial charge on any atom is -0.327 e. The van der Waals surface area contributed by atoms with Crippen molar-refractivity contribution < 1.29 is 0 Å². The fraction of sp³-hybridized carbons (Fsp3) is 0.727. The lowest BCUT2D eigenvalue weighted by molar-refractivity contribution is 0.599. The van der Waals surface area contributed by atoms with Gasteiger partial charge < -0.3 is 5.73 Å². The van der Waals surface area contributed by atoms with Crippen molar-refractivity contribution in [1.82, 2.24) is 4.98 Å². The fourth-order valence-electron chi connectivity index (χ4n) is 1.62. The monoisotopic (exact) mass is 210 g/mol. The second-order valence-corrected chi connectivity index (χ2v) is 5.47. The summed E-state index contributed by atoms with van der Waals surface area (Å²) in [6.45, 7) is 6.49. The molecule has 2 rings (SSSR count). The van der Waals surface area contributed by atoms with Crippen LogP contribution in [0, 0.1) is 5.92 Å². The van der Waals surface area contributed by atoms with Gasteiger partial charge in [0, 0.05) is 23.3 Å². The molecule has 1 aliphatic carbocycles. The predicted octanol–water partition coefficient (Wildman–Crippen LogP) is 2.72. The Morgan fingerprint density at radius 2 is 2.21 bits per heavy atom. The highest BCUT2D eigenvalue weighted by Crippen LogP contribution is 2.48. The lowest BCUT2D eigenvalue weighted by Crippen LogP contribution is -2.22. The highest BCUT2D eigenvalue weighted by Gasteiger charge is 2.36. The van der Waals surface area contributed by atoms with Crippen LogP contribution in [0.2, 0.25) is 0 Å². The molecule has 2 N–H and O–H groups in total. The van der Waals surface area contributed by atoms with Gasteiger partial charge in [0.25, 0.3) is 0 Å². The van der Waals surface area contributed by atoms with Crippen LogP contribution in [0.3, 0.4) is 0 Å². The SMILES string of the molecule is CC(N)C(C)c1csc(C2CC2C)n1. The highest BCUT2D eigenvalue weighted by molar-refractivity contribution is 7.09. The zero-order valence-corrected chi connectivity index (χ0v) is 9.84. The summed E-state index contributed by atoms with van der Waals surface area (Å²) in [5.74, 6) is 1.97. The molecule has 1 aromatic heterocycles. The van der Waals surface area contributed by atoms with E-state index in [4.69, 9.17) is 5.73 Å². The van der Waals surface area contributed by atoms with Gasteiger partial charge in [-0.05, 0) is 19.3 Å². The average Bonchev–Trinajstić information content (AvgIpc) is 2.67. The molecule has 0 amide bonds. The Bertz CT molecular complexity index is 319. The van der Waals surface area contributed by atoms with Gasteiger partial charge in [0.2, 0.25) is 0 Å². The third-order valence-electron chi connectivity index (χ3n) is 3.22. The largest absolute Gasteiger partial charge is 0.327 e. The van der Waals surface area contributed by atoms with Crippen molar-refractivity contribution in [3.8, 4) is 0 Å². The summed E-state index contributed by atoms with van der Waals surface area (Å²) in [7, 11) is 0. The molecule has 0 bridgehead atoms. The van der Waals surface area contributed by atoms with Crippen molar-refractivity contribution in [3.63, 3.8) is 0 Å². The quantitative estimate of drug-likeness (QED) is 0.833. The van der Waals surface area contributed by atoms with E-state index in [1.807, 2.05) is 6.92 Å². The van der Waals surface area contributed by atoms with Crippen LogP contribution in [0.15, 0.2) is 5.38 Å². The van der Waals surface area contributed by atoms with Crippen molar-refractivity contribution >= 4 is 11.3 Å². The molecule has 78 valence electrons. The summed E-state index contributed by atoms with van der Waals surface area (Å²) in [6.07, 6.45) is 1.32. The molecule has 0 radical (unpaired) electrons. The molecule has 0 saturated heterocycles. The van der Waals surface area contributed by atoms with E-state index in [1.54, 1.807) is 11.3 Å². The molecule has 3 heteroatoms. The second kappa shape index (κ2) is 3.63. The van der Waals surface area contributed by atoms with Crippen LogP contribution in [0.4, 0.5) is 0 Å². The number of nitrogens with two attached hydrogens (primary N) is 1. The first-order valence-corrected chi connectivity index (χ1v) is 6.18. The minimum absolute atomic E-state index is 0.196. The first-order chi connectivity index (χ1) is 6.59. The molecule has 4 atom stereocenters. The Morgan fingerprint density at radius 1 is 1.57 bits per heavy atom. The third-order valence-corrected chi connectivity index (χ3v) is 4.22. The standard InChI is InChI=1S/C11H18N2S/c1-6-4-9(6)11-13-10(5-14-11)7(2)8(3)12/h5-9H,4,12H2,1-3H3. The topological polar surface area (TPSA) is 38.9 Å². The Morgan fingerprint density at radius 3 is 2.71 bits per heavy atom. The molecule has 1 fully saturated rings. The molecule has 1 aliphatic rings. The van der Waals surface area contributed by atoms with E-state index < -0.39 is 0 Å². The summed E-state index contributed by atoms with van der Waals surface area (Å²) in [4.78, 5) is 4.68. The van der Waals surface area contributed by atoms with E-state index in [9.17, 15) is 0 Å². The van der Waals surface area contributed by atoms with E-state index in [-0.39, 0.29) is 6.04 Å². The van der Waals surface area contributed by atoms with Crippen molar-refractivity contribution in [2.75, 3.05) is 0 Å². The number of rotatable bonds is 3. The number of hydrogen-bond donors (Lipinski definition) is 1. The minimum atomic E-state index is 0.196. The summed E-state index contributed by atoms with van der Waals surface area (Å²) in [6, 6.07) is 0.196. The van der Waals surface area contributed by atoms with Crippen LogP contribution >= 0.6 is 11.3 Å². The maximum absolute atomic E-state index is 5.86. The first-order valence-electron chi connectivity index (χ1n) is 5.30. The van der Waals surface area contributed by atoms with Crippen LogP contribution in [0.1, 0.15) is 49.7 Å². The molecule has 1 heterocycles. The van der Waals surface area contributed by atoms with Gasteiger partial charge in [-0.2, -0.15) is 0 Å². The van der Waals surface area contributed by atoms with Crippen molar-refractivity contribution in [2.45, 2.75) is 45.1 Å². The molecular formula is C11H18N2S. The third kappa shape index (κ3) is 1.84. The zero-order valence-electron chi connectivity index (χ0n) is 9.03. The lowest BCUT2D eigenvalue weighted by atomic mass is 10.0. The molecule has 0 spiro atoms. The highest BCUT2D eigenvalue weighted by atomic mass is 32.1. The van der Waals surface area contributed by atoms with Gasteiger partial charge in [-0.1, -0.05) is 13.8 Å². The van der Waals surface area contributed by atoms with E-state index >= 15 is 0 Å². The normalized spacial score (nSPS) is 30.0. The van der Waals surface area contributed by atoms with Crippen LogP contribution in [0.5, 0.6) is 0 Å². The average molecular weight is 210 g/mol. The maximum Gasteiger partial charge on any atom is 0.0962 e. The predicted molar refractivity (Wildman–Crippen MR) is 60.7 cm³/mol. The maximum atomic E-state index is 5.86. The van der Waals surface area contributed by atoms with Gasteiger partial charge in [0.15, 0.2) is 0 Å². The van der Waals surface area contributed by atoms with Crippen LogP contribution in [-0.4, -0.2) is 11.0 Å². The first kappa shape index (κ1) is 10.1. The van der Waals surface area contributed by atoms with Crippen molar-refractivity contribution in [1.29, 1.82) is 0 Å². The molecule has 0 aliphatic heterocycles. The zero-order chi connectivity index (χ0) is 10.3. The van der Waals surface area contributed by atoms with Crippen molar-refractivity contribution in [2.24, 2.45) is 11.7 Å². The Hall–Kier alpha value is -0.410. The molecule has 1 aromatic rings. The molecule has 0 aromatic carbocycles. The number of thiazole rings is 1. The Kier molecular flexibility index (Phi) is 2.62. The molecular weight excluding hydrogens is 192 g/mol. The van der Waals surface area contributed by atoms with Gasteiger partial charge >= 0.3 is 0 Å². The van der Waals surface area contributed by atoms with E-state index in [0.29, 0.717) is 5.92 Å².